The van der Waals surface area contributed by atoms with Crippen LogP contribution in [0.1, 0.15) is 28.7 Å². The van der Waals surface area contributed by atoms with Gasteiger partial charge in [0.2, 0.25) is 5.91 Å². The maximum Gasteiger partial charge on any atom is 0.324 e. The molecular formula is C28H30Cl2N4O4. The fraction of sp³-hybridized carbons (Fsp3) is 0.250. The van der Waals surface area contributed by atoms with Crippen molar-refractivity contribution in [2.45, 2.75) is 32.4 Å². The number of urea groups is 1. The molecule has 0 aliphatic heterocycles. The van der Waals surface area contributed by atoms with Gasteiger partial charge >= 0.3 is 6.03 Å². The molecular weight excluding hydrogens is 527 g/mol. The Morgan fingerprint density at radius 2 is 1.45 bits per heavy atom. The minimum absolute atomic E-state index is 0.126. The second-order valence-electron chi connectivity index (χ2n) is 8.62. The van der Waals surface area contributed by atoms with E-state index in [1.54, 1.807) is 36.4 Å². The lowest BCUT2D eigenvalue weighted by Gasteiger charge is -2.22. The Kier molecular flexibility index (Phi) is 11.0. The zero-order chi connectivity index (χ0) is 27.5. The van der Waals surface area contributed by atoms with Crippen molar-refractivity contribution in [3.63, 3.8) is 0 Å². The Balaban J connectivity index is 1.64. The molecule has 200 valence electrons. The topological polar surface area (TPSA) is 128 Å². The minimum atomic E-state index is -0.563. The average molecular weight is 557 g/mol. The van der Waals surface area contributed by atoms with Crippen LogP contribution in [0, 0.1) is 0 Å². The van der Waals surface area contributed by atoms with Crippen LogP contribution in [0.5, 0.6) is 5.75 Å². The molecule has 3 aromatic rings. The van der Waals surface area contributed by atoms with Crippen molar-refractivity contribution in [2.24, 2.45) is 11.5 Å². The zero-order valence-electron chi connectivity index (χ0n) is 20.8. The number of aryl methyl sites for hydroxylation is 1. The lowest BCUT2D eigenvalue weighted by Crippen LogP contribution is -2.44. The normalized spacial score (nSPS) is 10.6. The summed E-state index contributed by atoms with van der Waals surface area (Å²) in [5, 5.41) is 3.69. The summed E-state index contributed by atoms with van der Waals surface area (Å²) >= 11 is 12.1. The number of primary amides is 1. The van der Waals surface area contributed by atoms with Crippen LogP contribution in [0.3, 0.4) is 0 Å². The SMILES string of the molecule is NCc1ccc(CNC(=O)N(CCc2ccc(Cl)c(Cl)c2)C(=O)CCc2ccc(OCC(N)=O)cc2)cc1. The van der Waals surface area contributed by atoms with Gasteiger partial charge in [-0.2, -0.15) is 0 Å². The first-order valence-corrected chi connectivity index (χ1v) is 12.8. The van der Waals surface area contributed by atoms with Crippen LogP contribution in [-0.2, 0) is 35.5 Å². The summed E-state index contributed by atoms with van der Waals surface area (Å²) in [6.45, 7) is 0.673. The molecule has 0 saturated carbocycles. The van der Waals surface area contributed by atoms with Crippen molar-refractivity contribution in [1.29, 1.82) is 0 Å². The second-order valence-corrected chi connectivity index (χ2v) is 9.44. The predicted molar refractivity (Wildman–Crippen MR) is 148 cm³/mol. The molecule has 8 nitrogen and oxygen atoms in total. The van der Waals surface area contributed by atoms with Gasteiger partial charge in [0.05, 0.1) is 10.0 Å². The van der Waals surface area contributed by atoms with Gasteiger partial charge in [0.15, 0.2) is 6.61 Å². The summed E-state index contributed by atoms with van der Waals surface area (Å²) < 4.78 is 5.26. The number of amides is 4. The van der Waals surface area contributed by atoms with Crippen LogP contribution in [0.2, 0.25) is 10.0 Å². The van der Waals surface area contributed by atoms with Crippen molar-refractivity contribution >= 4 is 41.0 Å². The highest BCUT2D eigenvalue weighted by Crippen LogP contribution is 2.23. The third-order valence-corrected chi connectivity index (χ3v) is 6.53. The third kappa shape index (κ3) is 9.06. The van der Waals surface area contributed by atoms with Gasteiger partial charge in [-0.25, -0.2) is 4.79 Å². The van der Waals surface area contributed by atoms with Gasteiger partial charge in [-0.1, -0.05) is 65.7 Å². The number of rotatable bonds is 12. The van der Waals surface area contributed by atoms with Crippen molar-refractivity contribution in [3.05, 3.63) is 99.0 Å². The first-order valence-electron chi connectivity index (χ1n) is 12.0. The van der Waals surface area contributed by atoms with Gasteiger partial charge in [-0.15, -0.1) is 0 Å². The molecule has 0 atom stereocenters. The predicted octanol–water partition coefficient (Wildman–Crippen LogP) is 4.23. The average Bonchev–Trinajstić information content (AvgIpc) is 2.92. The molecule has 3 rings (SSSR count). The van der Waals surface area contributed by atoms with E-state index in [4.69, 9.17) is 39.4 Å². The van der Waals surface area contributed by atoms with E-state index in [9.17, 15) is 14.4 Å². The van der Waals surface area contributed by atoms with Crippen molar-refractivity contribution in [2.75, 3.05) is 13.2 Å². The lowest BCUT2D eigenvalue weighted by molar-refractivity contribution is -0.128. The Bertz CT molecular complexity index is 1250. The minimum Gasteiger partial charge on any atom is -0.484 e. The Morgan fingerprint density at radius 1 is 0.816 bits per heavy atom. The fourth-order valence-electron chi connectivity index (χ4n) is 3.63. The molecule has 0 unspecified atom stereocenters. The number of benzene rings is 3. The molecule has 10 heteroatoms. The Morgan fingerprint density at radius 3 is 2.08 bits per heavy atom. The Hall–Kier alpha value is -3.59. The highest BCUT2D eigenvalue weighted by atomic mass is 35.5. The van der Waals surface area contributed by atoms with Crippen LogP contribution < -0.4 is 21.5 Å². The van der Waals surface area contributed by atoms with E-state index >= 15 is 0 Å². The second kappa shape index (κ2) is 14.4. The number of nitrogens with one attached hydrogen (secondary N) is 1. The lowest BCUT2D eigenvalue weighted by atomic mass is 10.1. The molecule has 3 aromatic carbocycles. The van der Waals surface area contributed by atoms with E-state index < -0.39 is 11.9 Å². The summed E-state index contributed by atoms with van der Waals surface area (Å²) in [5.41, 5.74) is 14.4. The van der Waals surface area contributed by atoms with E-state index in [-0.39, 0.29) is 32.0 Å². The Labute approximate surface area is 231 Å². The molecule has 0 bridgehead atoms. The molecule has 0 heterocycles. The number of carbonyl (C=O) groups is 3. The number of halogens is 2. The first kappa shape index (κ1) is 29.0. The standard InChI is InChI=1S/C28H30Cl2N4O4/c29-24-11-7-20(15-25(24)30)13-14-34(28(37)33-17-22-3-1-21(16-31)2-4-22)27(36)12-8-19-5-9-23(10-6-19)38-18-26(32)35/h1-7,9-11,15H,8,12-14,16-18,31H2,(H2,32,35)(H,33,37). The summed E-state index contributed by atoms with van der Waals surface area (Å²) in [4.78, 5) is 38.3. The monoisotopic (exact) mass is 556 g/mol. The number of hydrogen-bond acceptors (Lipinski definition) is 5. The number of imide groups is 1. The van der Waals surface area contributed by atoms with Gasteiger partial charge < -0.3 is 21.5 Å². The highest BCUT2D eigenvalue weighted by Gasteiger charge is 2.21. The van der Waals surface area contributed by atoms with Crippen LogP contribution in [0.15, 0.2) is 66.7 Å². The largest absolute Gasteiger partial charge is 0.484 e. The van der Waals surface area contributed by atoms with Gasteiger partial charge in [0.1, 0.15) is 5.75 Å². The first-order chi connectivity index (χ1) is 18.2. The van der Waals surface area contributed by atoms with E-state index in [2.05, 4.69) is 5.32 Å². The quantitative estimate of drug-likeness (QED) is 0.307. The molecule has 0 aromatic heterocycles. The number of ether oxygens (including phenoxy) is 1. The van der Waals surface area contributed by atoms with Crippen LogP contribution >= 0.6 is 23.2 Å². The van der Waals surface area contributed by atoms with Crippen LogP contribution in [0.25, 0.3) is 0 Å². The summed E-state index contributed by atoms with van der Waals surface area (Å²) in [5.74, 6) is -0.373. The van der Waals surface area contributed by atoms with Crippen LogP contribution in [-0.4, -0.2) is 35.9 Å². The smallest absolute Gasteiger partial charge is 0.324 e. The summed E-state index contributed by atoms with van der Waals surface area (Å²) in [7, 11) is 0. The number of carbonyl (C=O) groups excluding carboxylic acids is 3. The molecule has 38 heavy (non-hydrogen) atoms. The number of nitrogens with two attached hydrogens (primary N) is 2. The summed E-state index contributed by atoms with van der Waals surface area (Å²) in [6, 6.07) is 19.3. The maximum atomic E-state index is 13.2. The molecule has 0 aliphatic carbocycles. The van der Waals surface area contributed by atoms with E-state index in [1.807, 2.05) is 30.3 Å². The van der Waals surface area contributed by atoms with Crippen molar-refractivity contribution in [1.82, 2.24) is 10.2 Å². The molecule has 0 saturated heterocycles. The molecule has 0 fully saturated rings. The van der Waals surface area contributed by atoms with Crippen molar-refractivity contribution in [3.8, 4) is 5.75 Å². The third-order valence-electron chi connectivity index (χ3n) is 5.79. The maximum absolute atomic E-state index is 13.2. The zero-order valence-corrected chi connectivity index (χ0v) is 22.3. The van der Waals surface area contributed by atoms with Crippen molar-refractivity contribution < 1.29 is 19.1 Å². The molecule has 0 spiro atoms. The fourth-order valence-corrected chi connectivity index (χ4v) is 3.96. The molecule has 4 amide bonds. The van der Waals surface area contributed by atoms with Gasteiger partial charge in [-0.05, 0) is 59.4 Å². The van der Waals surface area contributed by atoms with E-state index in [1.165, 1.54) is 4.90 Å². The van der Waals surface area contributed by atoms with Gasteiger partial charge in [0, 0.05) is 26.1 Å². The van der Waals surface area contributed by atoms with Crippen LogP contribution in [0.4, 0.5) is 4.79 Å². The van der Waals surface area contributed by atoms with Gasteiger partial charge in [-0.3, -0.25) is 14.5 Å². The molecule has 5 N–H and O–H groups in total. The molecule has 0 radical (unpaired) electrons. The highest BCUT2D eigenvalue weighted by molar-refractivity contribution is 6.42. The van der Waals surface area contributed by atoms with E-state index in [0.29, 0.717) is 35.2 Å². The van der Waals surface area contributed by atoms with Gasteiger partial charge in [0.25, 0.3) is 5.91 Å². The number of hydrogen-bond donors (Lipinski definition) is 3. The number of nitrogens with zero attached hydrogens (tertiary/aromatic N) is 1. The molecule has 0 aliphatic rings. The van der Waals surface area contributed by atoms with E-state index in [0.717, 1.165) is 22.3 Å². The summed E-state index contributed by atoms with van der Waals surface area (Å²) in [6.07, 6.45) is 0.973.